The number of halogens is 1. The van der Waals surface area contributed by atoms with Crippen molar-refractivity contribution in [3.63, 3.8) is 0 Å². The van der Waals surface area contributed by atoms with Gasteiger partial charge in [0, 0.05) is 24.9 Å². The molecule has 3 rings (SSSR count). The van der Waals surface area contributed by atoms with Gasteiger partial charge in [-0.3, -0.25) is 0 Å². The summed E-state index contributed by atoms with van der Waals surface area (Å²) in [6, 6.07) is 7.81. The van der Waals surface area contributed by atoms with Crippen LogP contribution in [0.5, 0.6) is 5.75 Å². The van der Waals surface area contributed by atoms with Gasteiger partial charge < -0.3 is 25.0 Å². The van der Waals surface area contributed by atoms with Gasteiger partial charge in [0.15, 0.2) is 17.2 Å². The summed E-state index contributed by atoms with van der Waals surface area (Å²) in [5, 5.41) is 21.7. The van der Waals surface area contributed by atoms with Crippen molar-refractivity contribution in [2.24, 2.45) is 0 Å². The van der Waals surface area contributed by atoms with E-state index in [-0.39, 0.29) is 15.6 Å². The second kappa shape index (κ2) is 8.60. The molecule has 1 saturated heterocycles. The Morgan fingerprint density at radius 3 is 2.70 bits per heavy atom. The number of thiophene rings is 1. The Balaban J connectivity index is 1.89. The monoisotopic (exact) mass is 411 g/mol. The van der Waals surface area contributed by atoms with Crippen molar-refractivity contribution in [1.29, 1.82) is 0 Å². The third-order valence-corrected chi connectivity index (χ3v) is 5.74. The molecule has 7 nitrogen and oxygen atoms in total. The van der Waals surface area contributed by atoms with Crippen molar-refractivity contribution in [3.8, 4) is 16.2 Å². The van der Waals surface area contributed by atoms with Crippen LogP contribution in [-0.2, 0) is 9.53 Å². The lowest BCUT2D eigenvalue weighted by Gasteiger charge is -2.24. The summed E-state index contributed by atoms with van der Waals surface area (Å²) in [4.78, 5) is 22.6. The first kappa shape index (κ1) is 19.5. The Kier molecular flexibility index (Phi) is 6.20. The van der Waals surface area contributed by atoms with Crippen molar-refractivity contribution in [3.05, 3.63) is 34.2 Å². The number of aromatic carboxylic acids is 1. The lowest BCUT2D eigenvalue weighted by Crippen LogP contribution is -2.27. The number of rotatable bonds is 7. The molecule has 144 valence electrons. The number of carboxylic acids is 2. The fourth-order valence-electron chi connectivity index (χ4n) is 2.81. The number of benzene rings is 1. The zero-order chi connectivity index (χ0) is 19.4. The molecule has 0 unspecified atom stereocenters. The van der Waals surface area contributed by atoms with E-state index in [9.17, 15) is 14.7 Å². The molecule has 9 heteroatoms. The molecule has 0 spiro atoms. The van der Waals surface area contributed by atoms with Gasteiger partial charge in [-0.25, -0.2) is 9.59 Å². The molecule has 0 atom stereocenters. The van der Waals surface area contributed by atoms with Gasteiger partial charge in [0.1, 0.15) is 5.02 Å². The van der Waals surface area contributed by atoms with Crippen LogP contribution < -0.4 is 10.1 Å². The minimum atomic E-state index is -1.22. The summed E-state index contributed by atoms with van der Waals surface area (Å²) in [5.41, 5.74) is 1.63. The zero-order valence-corrected chi connectivity index (χ0v) is 15.8. The van der Waals surface area contributed by atoms with E-state index >= 15 is 0 Å². The van der Waals surface area contributed by atoms with E-state index in [4.69, 9.17) is 26.2 Å². The number of hydrogen-bond acceptors (Lipinski definition) is 6. The number of carbonyl (C=O) groups is 2. The number of hydrogen-bond donors (Lipinski definition) is 3. The number of nitrogens with one attached hydrogen (secondary N) is 1. The van der Waals surface area contributed by atoms with Crippen molar-refractivity contribution in [2.45, 2.75) is 18.9 Å². The Labute approximate surface area is 164 Å². The molecule has 0 saturated carbocycles. The Morgan fingerprint density at radius 2 is 2.04 bits per heavy atom. The van der Waals surface area contributed by atoms with Crippen LogP contribution in [0.1, 0.15) is 22.5 Å². The molecule has 1 aliphatic rings. The van der Waals surface area contributed by atoms with Crippen LogP contribution in [0.15, 0.2) is 24.3 Å². The number of anilines is 1. The fraction of sp³-hybridized carbons (Fsp3) is 0.333. The summed E-state index contributed by atoms with van der Waals surface area (Å²) in [6.07, 6.45) is 1.83. The molecule has 1 aliphatic heterocycles. The normalized spacial score (nSPS) is 14.7. The zero-order valence-electron chi connectivity index (χ0n) is 14.2. The van der Waals surface area contributed by atoms with Crippen LogP contribution >= 0.6 is 22.9 Å². The predicted octanol–water partition coefficient (Wildman–Crippen LogP) is 3.82. The van der Waals surface area contributed by atoms with E-state index in [0.29, 0.717) is 10.9 Å². The van der Waals surface area contributed by atoms with Gasteiger partial charge >= 0.3 is 11.9 Å². The molecule has 0 radical (unpaired) electrons. The molecule has 27 heavy (non-hydrogen) atoms. The van der Waals surface area contributed by atoms with Gasteiger partial charge in [-0.1, -0.05) is 23.7 Å². The molecule has 1 aromatic heterocycles. The minimum absolute atomic E-state index is 0.0990. The quantitative estimate of drug-likeness (QED) is 0.636. The molecule has 0 aliphatic carbocycles. The molecule has 0 amide bonds. The minimum Gasteiger partial charge on any atom is -0.479 e. The van der Waals surface area contributed by atoms with Crippen LogP contribution in [0.25, 0.3) is 10.4 Å². The maximum Gasteiger partial charge on any atom is 0.349 e. The van der Waals surface area contributed by atoms with Gasteiger partial charge in [0.25, 0.3) is 0 Å². The molecular weight excluding hydrogens is 394 g/mol. The lowest BCUT2D eigenvalue weighted by atomic mass is 10.1. The van der Waals surface area contributed by atoms with Crippen LogP contribution in [-0.4, -0.2) is 48.0 Å². The SMILES string of the molecule is O=C(O)COc1c(C(=O)O)sc(-c2cccc(NC3CCOCC3)c2)c1Cl. The first-order valence-electron chi connectivity index (χ1n) is 8.30. The van der Waals surface area contributed by atoms with Gasteiger partial charge in [-0.15, -0.1) is 11.3 Å². The van der Waals surface area contributed by atoms with E-state index in [2.05, 4.69) is 5.32 Å². The fourth-order valence-corrected chi connectivity index (χ4v) is 4.22. The molecule has 1 aromatic carbocycles. The highest BCUT2D eigenvalue weighted by atomic mass is 35.5. The smallest absolute Gasteiger partial charge is 0.349 e. The Hall–Kier alpha value is -2.29. The van der Waals surface area contributed by atoms with Crippen LogP contribution in [0.3, 0.4) is 0 Å². The van der Waals surface area contributed by atoms with Gasteiger partial charge in [-0.05, 0) is 30.5 Å². The second-order valence-corrected chi connectivity index (χ2v) is 7.40. The largest absolute Gasteiger partial charge is 0.479 e. The Bertz CT molecular complexity index is 846. The molecule has 3 N–H and O–H groups in total. The van der Waals surface area contributed by atoms with E-state index in [0.717, 1.165) is 48.6 Å². The number of ether oxygens (including phenoxy) is 2. The molecule has 0 bridgehead atoms. The molecular formula is C18H18ClNO6S. The average molecular weight is 412 g/mol. The maximum absolute atomic E-state index is 11.5. The van der Waals surface area contributed by atoms with Gasteiger partial charge in [0.2, 0.25) is 0 Å². The summed E-state index contributed by atoms with van der Waals surface area (Å²) in [6.45, 7) is 0.780. The van der Waals surface area contributed by atoms with Crippen molar-refractivity contribution < 1.29 is 29.3 Å². The highest BCUT2D eigenvalue weighted by molar-refractivity contribution is 7.18. The third kappa shape index (κ3) is 4.71. The summed E-state index contributed by atoms with van der Waals surface area (Å²) >= 11 is 7.28. The lowest BCUT2D eigenvalue weighted by molar-refractivity contribution is -0.139. The highest BCUT2D eigenvalue weighted by Crippen LogP contribution is 2.45. The van der Waals surface area contributed by atoms with E-state index in [1.54, 1.807) is 0 Å². The maximum atomic E-state index is 11.5. The van der Waals surface area contributed by atoms with Gasteiger partial charge in [0.05, 0.1) is 4.88 Å². The second-order valence-electron chi connectivity index (χ2n) is 6.00. The standard InChI is InChI=1S/C18H18ClNO6S/c19-14-15(26-9-13(21)22)17(18(23)24)27-16(14)10-2-1-3-12(8-10)20-11-4-6-25-7-5-11/h1-3,8,11,20H,4-7,9H2,(H,21,22)(H,23,24). The number of carboxylic acid groups (broad SMARTS) is 2. The molecule has 2 heterocycles. The van der Waals surface area contributed by atoms with Crippen molar-refractivity contribution >= 4 is 40.6 Å². The van der Waals surface area contributed by atoms with Crippen LogP contribution in [0.4, 0.5) is 5.69 Å². The first-order valence-corrected chi connectivity index (χ1v) is 9.50. The molecule has 2 aromatic rings. The summed E-state index contributed by atoms with van der Waals surface area (Å²) in [5.74, 6) is -2.54. The van der Waals surface area contributed by atoms with E-state index in [1.807, 2.05) is 24.3 Å². The first-order chi connectivity index (χ1) is 13.0. The van der Waals surface area contributed by atoms with Crippen LogP contribution in [0.2, 0.25) is 5.02 Å². The van der Waals surface area contributed by atoms with Crippen molar-refractivity contribution in [1.82, 2.24) is 0 Å². The van der Waals surface area contributed by atoms with Gasteiger partial charge in [-0.2, -0.15) is 0 Å². The Morgan fingerprint density at radius 1 is 1.30 bits per heavy atom. The predicted molar refractivity (Wildman–Crippen MR) is 102 cm³/mol. The van der Waals surface area contributed by atoms with E-state index < -0.39 is 18.5 Å². The van der Waals surface area contributed by atoms with E-state index in [1.165, 1.54) is 0 Å². The third-order valence-electron chi connectivity index (χ3n) is 4.06. The average Bonchev–Trinajstić information content (AvgIpc) is 2.98. The molecule has 1 fully saturated rings. The topological polar surface area (TPSA) is 105 Å². The number of aliphatic carboxylic acids is 1. The summed E-state index contributed by atoms with van der Waals surface area (Å²) in [7, 11) is 0. The van der Waals surface area contributed by atoms with Crippen molar-refractivity contribution in [2.75, 3.05) is 25.1 Å². The summed E-state index contributed by atoms with van der Waals surface area (Å²) < 4.78 is 10.5. The highest BCUT2D eigenvalue weighted by Gasteiger charge is 2.25. The van der Waals surface area contributed by atoms with Crippen LogP contribution in [0, 0.1) is 0 Å².